The zero-order valence-corrected chi connectivity index (χ0v) is 20.3. The van der Waals surface area contributed by atoms with E-state index in [0.717, 1.165) is 44.6 Å². The third-order valence-electron chi connectivity index (χ3n) is 7.83. The maximum absolute atomic E-state index is 12.5. The fourth-order valence-electron chi connectivity index (χ4n) is 5.93. The topological polar surface area (TPSA) is 69.3 Å². The number of rotatable bonds is 6. The molecule has 2 aromatic carbocycles. The number of imidazole rings is 1. The van der Waals surface area contributed by atoms with E-state index < -0.39 is 0 Å². The minimum absolute atomic E-state index is 0.0342. The predicted molar refractivity (Wildman–Crippen MR) is 139 cm³/mol. The summed E-state index contributed by atoms with van der Waals surface area (Å²) >= 11 is 0. The van der Waals surface area contributed by atoms with Crippen LogP contribution in [0.2, 0.25) is 0 Å². The molecule has 0 radical (unpaired) electrons. The molecule has 4 heterocycles. The highest BCUT2D eigenvalue weighted by Gasteiger charge is 2.35. The van der Waals surface area contributed by atoms with Gasteiger partial charge in [0.15, 0.2) is 11.6 Å². The summed E-state index contributed by atoms with van der Waals surface area (Å²) in [6, 6.07) is 22.4. The van der Waals surface area contributed by atoms with Gasteiger partial charge < -0.3 is 19.0 Å². The van der Waals surface area contributed by atoms with Crippen LogP contribution < -0.4 is 5.43 Å². The van der Waals surface area contributed by atoms with Crippen molar-refractivity contribution in [1.29, 1.82) is 0 Å². The molecule has 0 aliphatic carbocycles. The van der Waals surface area contributed by atoms with Gasteiger partial charge in [0.25, 0.3) is 0 Å². The molecule has 2 aliphatic rings. The number of ether oxygens (including phenoxy) is 1. The lowest BCUT2D eigenvalue weighted by Crippen LogP contribution is -2.31. The molecule has 2 aliphatic heterocycles. The maximum atomic E-state index is 12.5. The summed E-state index contributed by atoms with van der Waals surface area (Å²) in [5, 5.41) is 11.0. The molecule has 1 atom stereocenters. The largest absolute Gasteiger partial charge is 0.503 e. The average molecular weight is 482 g/mol. The number of aromatic nitrogens is 3. The van der Waals surface area contributed by atoms with Crippen molar-refractivity contribution >= 4 is 0 Å². The van der Waals surface area contributed by atoms with Crippen molar-refractivity contribution in [1.82, 2.24) is 14.1 Å². The van der Waals surface area contributed by atoms with E-state index in [-0.39, 0.29) is 23.1 Å². The van der Waals surface area contributed by atoms with Crippen LogP contribution in [0.25, 0.3) is 11.5 Å². The average Bonchev–Trinajstić information content (AvgIpc) is 3.34. The number of hydrogen-bond donors (Lipinski definition) is 1. The van der Waals surface area contributed by atoms with Gasteiger partial charge in [-0.1, -0.05) is 60.7 Å². The van der Waals surface area contributed by atoms with Crippen molar-refractivity contribution in [2.75, 3.05) is 13.2 Å². The second-order valence-corrected chi connectivity index (χ2v) is 9.93. The molecule has 1 fully saturated rings. The first-order valence-electron chi connectivity index (χ1n) is 12.9. The van der Waals surface area contributed by atoms with Crippen LogP contribution in [-0.2, 0) is 17.7 Å². The van der Waals surface area contributed by atoms with Crippen LogP contribution in [0.1, 0.15) is 48.0 Å². The van der Waals surface area contributed by atoms with Crippen LogP contribution >= 0.6 is 0 Å². The Labute approximate surface area is 210 Å². The number of aromatic hydroxyl groups is 1. The smallest absolute Gasteiger partial charge is 0.223 e. The lowest BCUT2D eigenvalue weighted by Gasteiger charge is -2.36. The van der Waals surface area contributed by atoms with Crippen LogP contribution in [0.5, 0.6) is 5.75 Å². The number of benzene rings is 2. The molecule has 0 unspecified atom stereocenters. The molecule has 1 saturated heterocycles. The molecule has 4 aromatic rings. The molecule has 36 heavy (non-hydrogen) atoms. The van der Waals surface area contributed by atoms with E-state index in [1.165, 1.54) is 17.2 Å². The molecule has 1 N–H and O–H groups in total. The number of nitrogens with zero attached hydrogens (tertiary/aromatic N) is 3. The second-order valence-electron chi connectivity index (χ2n) is 9.93. The van der Waals surface area contributed by atoms with Crippen molar-refractivity contribution in [3.63, 3.8) is 0 Å². The molecular weight excluding hydrogens is 450 g/mol. The highest BCUT2D eigenvalue weighted by Crippen LogP contribution is 2.43. The van der Waals surface area contributed by atoms with Gasteiger partial charge in [0.1, 0.15) is 5.69 Å². The predicted octanol–water partition coefficient (Wildman–Crippen LogP) is 5.16. The van der Waals surface area contributed by atoms with E-state index in [1.54, 1.807) is 0 Å². The van der Waals surface area contributed by atoms with Gasteiger partial charge >= 0.3 is 0 Å². The van der Waals surface area contributed by atoms with Crippen molar-refractivity contribution in [2.24, 2.45) is 5.92 Å². The molecule has 0 spiro atoms. The van der Waals surface area contributed by atoms with Crippen molar-refractivity contribution in [3.05, 3.63) is 106 Å². The summed E-state index contributed by atoms with van der Waals surface area (Å²) in [6.45, 7) is 2.40. The molecule has 2 aromatic heterocycles. The quantitative estimate of drug-likeness (QED) is 0.413. The molecule has 6 heteroatoms. The lowest BCUT2D eigenvalue weighted by molar-refractivity contribution is 0.0638. The lowest BCUT2D eigenvalue weighted by atomic mass is 9.83. The summed E-state index contributed by atoms with van der Waals surface area (Å²) in [7, 11) is 0. The maximum Gasteiger partial charge on any atom is 0.223 e. The van der Waals surface area contributed by atoms with Crippen LogP contribution in [0, 0.1) is 5.92 Å². The standard InChI is InChI=1S/C30H31N3O3/c34-26-13-16-32-25(27(22-7-3-1-4-8-22)23-9-5-2-6-10-23)20-33-24(12-11-21-14-17-36-18-15-21)19-31-30(33)28(32)29(26)35/h1-10,13,16,19,21,25,27,35H,11-12,14-15,17-18,20H2/t25-/m1/s1. The normalized spacial score (nSPS) is 17.6. The Balaban J connectivity index is 1.45. The monoisotopic (exact) mass is 481 g/mol. The van der Waals surface area contributed by atoms with Gasteiger partial charge in [-0.2, -0.15) is 0 Å². The Morgan fingerprint density at radius 3 is 2.31 bits per heavy atom. The molecule has 0 saturated carbocycles. The number of fused-ring (bicyclic) bond motifs is 3. The Hall–Kier alpha value is -3.64. The molecule has 6 rings (SSSR count). The van der Waals surface area contributed by atoms with E-state index in [1.807, 2.05) is 24.5 Å². The SMILES string of the molecule is O=c1ccn2c(c1O)-c1ncc(CCC3CCOCC3)n1C[C@@H]2C(c1ccccc1)c1ccccc1. The fraction of sp³-hybridized carbons (Fsp3) is 0.333. The Bertz CT molecular complexity index is 1350. The number of aryl methyl sites for hydroxylation is 1. The number of pyridine rings is 1. The van der Waals surface area contributed by atoms with E-state index in [0.29, 0.717) is 24.0 Å². The van der Waals surface area contributed by atoms with Gasteiger partial charge in [0.2, 0.25) is 5.43 Å². The van der Waals surface area contributed by atoms with Gasteiger partial charge in [-0.3, -0.25) is 4.79 Å². The Morgan fingerprint density at radius 2 is 1.64 bits per heavy atom. The van der Waals surface area contributed by atoms with Crippen LogP contribution in [0.4, 0.5) is 0 Å². The van der Waals surface area contributed by atoms with Crippen molar-refractivity contribution < 1.29 is 9.84 Å². The molecule has 0 bridgehead atoms. The van der Waals surface area contributed by atoms with Crippen molar-refractivity contribution in [3.8, 4) is 17.3 Å². The summed E-state index contributed by atoms with van der Waals surface area (Å²) in [5.41, 5.74) is 3.68. The Kier molecular flexibility index (Phi) is 6.20. The fourth-order valence-corrected chi connectivity index (χ4v) is 5.93. The minimum atomic E-state index is -0.379. The zero-order valence-electron chi connectivity index (χ0n) is 20.3. The van der Waals surface area contributed by atoms with E-state index in [2.05, 4.69) is 57.7 Å². The summed E-state index contributed by atoms with van der Waals surface area (Å²) in [4.78, 5) is 17.3. The molecule has 0 amide bonds. The second kappa shape index (κ2) is 9.78. The summed E-state index contributed by atoms with van der Waals surface area (Å²) < 4.78 is 9.83. The first-order chi connectivity index (χ1) is 17.7. The zero-order chi connectivity index (χ0) is 24.5. The molecule has 184 valence electrons. The highest BCUT2D eigenvalue weighted by atomic mass is 16.5. The van der Waals surface area contributed by atoms with Gasteiger partial charge in [0, 0.05) is 49.8 Å². The van der Waals surface area contributed by atoms with Gasteiger partial charge in [-0.15, -0.1) is 0 Å². The minimum Gasteiger partial charge on any atom is -0.503 e. The van der Waals surface area contributed by atoms with Crippen LogP contribution in [-0.4, -0.2) is 32.4 Å². The summed E-state index contributed by atoms with van der Waals surface area (Å²) in [5.74, 6) is 1.13. The van der Waals surface area contributed by atoms with E-state index >= 15 is 0 Å². The van der Waals surface area contributed by atoms with Gasteiger partial charge in [-0.05, 0) is 42.7 Å². The first kappa shape index (κ1) is 22.8. The highest BCUT2D eigenvalue weighted by molar-refractivity contribution is 5.62. The van der Waals surface area contributed by atoms with Crippen molar-refractivity contribution in [2.45, 2.75) is 44.2 Å². The van der Waals surface area contributed by atoms with Crippen LogP contribution in [0.3, 0.4) is 0 Å². The number of hydrogen-bond acceptors (Lipinski definition) is 4. The van der Waals surface area contributed by atoms with E-state index in [4.69, 9.17) is 9.72 Å². The Morgan fingerprint density at radius 1 is 0.972 bits per heavy atom. The van der Waals surface area contributed by atoms with Gasteiger partial charge in [0.05, 0.1) is 6.04 Å². The van der Waals surface area contributed by atoms with Crippen LogP contribution in [0.15, 0.2) is 83.9 Å². The third-order valence-corrected chi connectivity index (χ3v) is 7.83. The third kappa shape index (κ3) is 4.16. The molecular formula is C30H31N3O3. The van der Waals surface area contributed by atoms with Gasteiger partial charge in [-0.25, -0.2) is 4.98 Å². The first-order valence-corrected chi connectivity index (χ1v) is 12.9. The molecule has 6 nitrogen and oxygen atoms in total. The van der Waals surface area contributed by atoms with E-state index in [9.17, 15) is 9.90 Å². The summed E-state index contributed by atoms with van der Waals surface area (Å²) in [6.07, 6.45) is 7.97.